The molecule has 0 aromatic carbocycles. The molecule has 0 bridgehead atoms. The van der Waals surface area contributed by atoms with E-state index >= 15 is 0 Å². The molecule has 0 spiro atoms. The van der Waals surface area contributed by atoms with Gasteiger partial charge in [0.1, 0.15) is 21.7 Å². The van der Waals surface area contributed by atoms with Gasteiger partial charge in [0.2, 0.25) is 0 Å². The number of thiocarbonyl (C=S) groups is 1. The topological polar surface area (TPSA) is 60.4 Å². The molecule has 0 aromatic rings. The summed E-state index contributed by atoms with van der Waals surface area (Å²) in [6.45, 7) is 5.04. The summed E-state index contributed by atoms with van der Waals surface area (Å²) >= 11 is 7.83. The van der Waals surface area contributed by atoms with Crippen molar-refractivity contribution < 1.29 is 19.1 Å². The maximum atomic E-state index is 11.2. The minimum Gasteiger partial charge on any atom is -0.465 e. The predicted octanol–water partition coefficient (Wildman–Crippen LogP) is 2.63. The number of ketones is 2. The second-order valence-corrected chi connectivity index (χ2v) is 7.53. The van der Waals surface area contributed by atoms with E-state index in [4.69, 9.17) is 17.0 Å². The molecule has 0 saturated heterocycles. The second-order valence-electron chi connectivity index (χ2n) is 3.89. The van der Waals surface area contributed by atoms with Gasteiger partial charge in [-0.25, -0.2) is 0 Å². The van der Waals surface area contributed by atoms with Crippen molar-refractivity contribution in [3.8, 4) is 0 Å². The van der Waals surface area contributed by atoms with Gasteiger partial charge in [-0.2, -0.15) is 0 Å². The molecule has 0 amide bonds. The van der Waals surface area contributed by atoms with Crippen molar-refractivity contribution in [1.29, 1.82) is 0 Å². The smallest absolute Gasteiger partial charge is 0.306 e. The number of thioether (sulfide) groups is 2. The monoisotopic (exact) mass is 322 g/mol. The summed E-state index contributed by atoms with van der Waals surface area (Å²) in [5, 5.41) is -0.141. The number of carbonyl (C=O) groups excluding carboxylic acids is 3. The van der Waals surface area contributed by atoms with Crippen LogP contribution in [-0.4, -0.2) is 38.7 Å². The molecule has 0 aromatic heterocycles. The van der Waals surface area contributed by atoms with Crippen molar-refractivity contribution in [2.45, 2.75) is 38.9 Å². The first-order valence-corrected chi connectivity index (χ1v) is 8.09. The van der Waals surface area contributed by atoms with Crippen LogP contribution in [0.3, 0.4) is 0 Å². The van der Waals surface area contributed by atoms with Crippen molar-refractivity contribution in [2.75, 3.05) is 12.4 Å². The van der Waals surface area contributed by atoms with Crippen molar-refractivity contribution in [2.24, 2.45) is 0 Å². The Bertz CT molecular complexity index is 355. The van der Waals surface area contributed by atoms with E-state index in [1.54, 1.807) is 0 Å². The molecule has 19 heavy (non-hydrogen) atoms. The highest BCUT2D eigenvalue weighted by Crippen LogP contribution is 2.22. The third-order valence-corrected chi connectivity index (χ3v) is 4.86. The van der Waals surface area contributed by atoms with Gasteiger partial charge in [0.15, 0.2) is 0 Å². The molecular weight excluding hydrogens is 304 g/mol. The summed E-state index contributed by atoms with van der Waals surface area (Å²) in [6.07, 6.45) is 0.344. The molecule has 0 aliphatic heterocycles. The lowest BCUT2D eigenvalue weighted by Crippen LogP contribution is -2.11. The van der Waals surface area contributed by atoms with E-state index in [2.05, 4.69) is 0 Å². The molecule has 0 saturated carbocycles. The van der Waals surface area contributed by atoms with Crippen LogP contribution in [0.5, 0.6) is 0 Å². The predicted molar refractivity (Wildman–Crippen MR) is 83.7 cm³/mol. The molecule has 0 heterocycles. The summed E-state index contributed by atoms with van der Waals surface area (Å²) in [5.41, 5.74) is 0. The Morgan fingerprint density at radius 1 is 1.21 bits per heavy atom. The van der Waals surface area contributed by atoms with Crippen LogP contribution in [0, 0.1) is 0 Å². The SMILES string of the molecule is CC(=O)CCC(=O)OCCSC(=S)SC(C)C(C)=O. The summed E-state index contributed by atoms with van der Waals surface area (Å²) in [7, 11) is 0. The highest BCUT2D eigenvalue weighted by molar-refractivity contribution is 8.47. The molecule has 1 unspecified atom stereocenters. The van der Waals surface area contributed by atoms with Crippen LogP contribution in [0.4, 0.5) is 0 Å². The molecular formula is C12H18O4S3. The average molecular weight is 322 g/mol. The first-order chi connectivity index (χ1) is 8.82. The zero-order chi connectivity index (χ0) is 14.8. The number of carbonyl (C=O) groups is 3. The van der Waals surface area contributed by atoms with Gasteiger partial charge < -0.3 is 9.53 Å². The molecule has 0 radical (unpaired) electrons. The number of hydrogen-bond donors (Lipinski definition) is 0. The summed E-state index contributed by atoms with van der Waals surface area (Å²) in [6, 6.07) is 0. The maximum absolute atomic E-state index is 11.2. The van der Waals surface area contributed by atoms with E-state index < -0.39 is 0 Å². The van der Waals surface area contributed by atoms with Gasteiger partial charge in [-0.3, -0.25) is 9.59 Å². The number of rotatable bonds is 8. The maximum Gasteiger partial charge on any atom is 0.306 e. The Kier molecular flexibility index (Phi) is 10.2. The molecule has 1 atom stereocenters. The van der Waals surface area contributed by atoms with Gasteiger partial charge in [-0.05, 0) is 20.8 Å². The fourth-order valence-electron chi connectivity index (χ4n) is 0.892. The van der Waals surface area contributed by atoms with Crippen LogP contribution < -0.4 is 0 Å². The minimum absolute atomic E-state index is 0.0258. The van der Waals surface area contributed by atoms with Crippen molar-refractivity contribution >= 4 is 56.8 Å². The summed E-state index contributed by atoms with van der Waals surface area (Å²) in [5.74, 6) is 0.250. The number of ether oxygens (including phenoxy) is 1. The molecule has 108 valence electrons. The molecule has 0 aliphatic carbocycles. The normalized spacial score (nSPS) is 11.7. The fourth-order valence-corrected chi connectivity index (χ4v) is 3.32. The highest BCUT2D eigenvalue weighted by atomic mass is 32.2. The average Bonchev–Trinajstić information content (AvgIpc) is 2.31. The van der Waals surface area contributed by atoms with Crippen molar-refractivity contribution in [1.82, 2.24) is 0 Å². The summed E-state index contributed by atoms with van der Waals surface area (Å²) in [4.78, 5) is 32.9. The van der Waals surface area contributed by atoms with E-state index in [1.165, 1.54) is 37.4 Å². The Labute approximate surface area is 127 Å². The van der Waals surface area contributed by atoms with Gasteiger partial charge >= 0.3 is 5.97 Å². The van der Waals surface area contributed by atoms with Crippen LogP contribution in [0.2, 0.25) is 0 Å². The molecule has 0 N–H and O–H groups in total. The third-order valence-electron chi connectivity index (χ3n) is 2.09. The van der Waals surface area contributed by atoms with Crippen LogP contribution in [-0.2, 0) is 19.1 Å². The molecule has 4 nitrogen and oxygen atoms in total. The van der Waals surface area contributed by atoms with Crippen LogP contribution >= 0.6 is 35.7 Å². The molecule has 7 heteroatoms. The number of esters is 1. The Morgan fingerprint density at radius 3 is 2.37 bits per heavy atom. The largest absolute Gasteiger partial charge is 0.465 e. The van der Waals surface area contributed by atoms with E-state index in [0.717, 1.165) is 0 Å². The third kappa shape index (κ3) is 11.1. The van der Waals surface area contributed by atoms with Crippen LogP contribution in [0.25, 0.3) is 0 Å². The number of Topliss-reactive ketones (excluding diaryl/α,β-unsaturated/α-hetero) is 2. The Balaban J connectivity index is 3.63. The van der Waals surface area contributed by atoms with E-state index in [1.807, 2.05) is 6.92 Å². The van der Waals surface area contributed by atoms with Gasteiger partial charge in [-0.1, -0.05) is 24.0 Å². The standard InChI is InChI=1S/C12H18O4S3/c1-8(13)4-5-11(15)16-6-7-18-12(17)19-10(3)9(2)14/h10H,4-7H2,1-3H3. The van der Waals surface area contributed by atoms with E-state index in [0.29, 0.717) is 9.28 Å². The molecule has 0 fully saturated rings. The fraction of sp³-hybridized carbons (Fsp3) is 0.667. The van der Waals surface area contributed by atoms with Crippen molar-refractivity contribution in [3.05, 3.63) is 0 Å². The Hall–Kier alpha value is -0.400. The summed E-state index contributed by atoms with van der Waals surface area (Å²) < 4.78 is 5.62. The van der Waals surface area contributed by atoms with Crippen molar-refractivity contribution in [3.63, 3.8) is 0 Å². The molecule has 0 rings (SSSR count). The van der Waals surface area contributed by atoms with Crippen LogP contribution in [0.1, 0.15) is 33.6 Å². The lowest BCUT2D eigenvalue weighted by molar-refractivity contribution is -0.144. The van der Waals surface area contributed by atoms with Gasteiger partial charge in [0.05, 0.1) is 11.7 Å². The number of hydrogen-bond acceptors (Lipinski definition) is 7. The van der Waals surface area contributed by atoms with Gasteiger partial charge in [0.25, 0.3) is 0 Å². The van der Waals surface area contributed by atoms with E-state index in [-0.39, 0.29) is 42.2 Å². The zero-order valence-corrected chi connectivity index (χ0v) is 13.7. The molecule has 0 aliphatic rings. The first-order valence-electron chi connectivity index (χ1n) is 5.82. The first kappa shape index (κ1) is 18.6. The van der Waals surface area contributed by atoms with Crippen LogP contribution in [0.15, 0.2) is 0 Å². The highest BCUT2D eigenvalue weighted by Gasteiger charge is 2.11. The second kappa shape index (κ2) is 10.4. The van der Waals surface area contributed by atoms with Gasteiger partial charge in [-0.15, -0.1) is 11.8 Å². The lowest BCUT2D eigenvalue weighted by atomic mass is 10.2. The van der Waals surface area contributed by atoms with E-state index in [9.17, 15) is 14.4 Å². The minimum atomic E-state index is -0.369. The van der Waals surface area contributed by atoms with Gasteiger partial charge in [0, 0.05) is 12.2 Å². The Morgan fingerprint density at radius 2 is 1.84 bits per heavy atom. The lowest BCUT2D eigenvalue weighted by Gasteiger charge is -2.08. The zero-order valence-electron chi connectivity index (χ0n) is 11.3. The quantitative estimate of drug-likeness (QED) is 0.387.